The zero-order chi connectivity index (χ0) is 13.5. The smallest absolute Gasteiger partial charge is 0.326 e. The fourth-order valence-corrected chi connectivity index (χ4v) is 2.38. The molecule has 1 rings (SSSR count). The highest BCUT2D eigenvalue weighted by atomic mass is 32.1. The zero-order valence-electron chi connectivity index (χ0n) is 10.5. The number of amides is 2. The highest BCUT2D eigenvalue weighted by molar-refractivity contribution is 7.09. The number of nitrogens with one attached hydrogen (secondary N) is 2. The molecule has 0 aromatic carbocycles. The molecule has 1 heterocycles. The monoisotopic (exact) mass is 270 g/mol. The van der Waals surface area contributed by atoms with Crippen LogP contribution in [0.4, 0.5) is 4.79 Å². The molecule has 0 radical (unpaired) electrons. The maximum Gasteiger partial charge on any atom is 0.326 e. The van der Waals surface area contributed by atoms with Gasteiger partial charge in [-0.1, -0.05) is 13.0 Å². The molecule has 0 saturated heterocycles. The summed E-state index contributed by atoms with van der Waals surface area (Å²) in [5, 5.41) is 16.0. The second kappa shape index (κ2) is 7.00. The van der Waals surface area contributed by atoms with Crippen LogP contribution >= 0.6 is 11.3 Å². The van der Waals surface area contributed by atoms with Crippen molar-refractivity contribution in [1.82, 2.24) is 10.6 Å². The second-order valence-electron chi connectivity index (χ2n) is 4.10. The zero-order valence-corrected chi connectivity index (χ0v) is 11.3. The van der Waals surface area contributed by atoms with Gasteiger partial charge >= 0.3 is 12.0 Å². The molecule has 0 bridgehead atoms. The molecular formula is C12H18N2O3S. The molecule has 0 saturated carbocycles. The van der Waals surface area contributed by atoms with Crippen molar-refractivity contribution in [2.75, 3.05) is 0 Å². The van der Waals surface area contributed by atoms with Crippen LogP contribution in [0.15, 0.2) is 17.5 Å². The van der Waals surface area contributed by atoms with Gasteiger partial charge in [-0.05, 0) is 24.8 Å². The van der Waals surface area contributed by atoms with Crippen LogP contribution in [0.3, 0.4) is 0 Å². The first kappa shape index (κ1) is 14.5. The third-order valence-corrected chi connectivity index (χ3v) is 3.38. The van der Waals surface area contributed by atoms with E-state index in [2.05, 4.69) is 10.6 Å². The van der Waals surface area contributed by atoms with Gasteiger partial charge in [0.05, 0.1) is 0 Å². The Kier molecular flexibility index (Phi) is 5.64. The van der Waals surface area contributed by atoms with E-state index in [4.69, 9.17) is 5.11 Å². The lowest BCUT2D eigenvalue weighted by atomic mass is 10.2. The van der Waals surface area contributed by atoms with E-state index in [9.17, 15) is 9.59 Å². The van der Waals surface area contributed by atoms with Crippen molar-refractivity contribution < 1.29 is 14.7 Å². The minimum Gasteiger partial charge on any atom is -0.480 e. The lowest BCUT2D eigenvalue weighted by molar-refractivity contribution is -0.139. The lowest BCUT2D eigenvalue weighted by Crippen LogP contribution is -2.48. The van der Waals surface area contributed by atoms with E-state index in [1.807, 2.05) is 24.4 Å². The average molecular weight is 270 g/mol. The topological polar surface area (TPSA) is 78.4 Å². The molecule has 2 amide bonds. The van der Waals surface area contributed by atoms with Crippen LogP contribution in [0.1, 0.15) is 25.1 Å². The number of hydrogen-bond acceptors (Lipinski definition) is 3. The summed E-state index contributed by atoms with van der Waals surface area (Å²) in [6, 6.07) is 2.67. The molecule has 0 aliphatic heterocycles. The maximum atomic E-state index is 11.6. The fourth-order valence-electron chi connectivity index (χ4n) is 1.54. The molecule has 0 aliphatic rings. The van der Waals surface area contributed by atoms with E-state index in [0.717, 1.165) is 6.42 Å². The van der Waals surface area contributed by atoms with Gasteiger partial charge in [0.2, 0.25) is 0 Å². The molecule has 2 atom stereocenters. The molecular weight excluding hydrogens is 252 g/mol. The van der Waals surface area contributed by atoms with Gasteiger partial charge in [0.25, 0.3) is 0 Å². The summed E-state index contributed by atoms with van der Waals surface area (Å²) in [4.78, 5) is 23.5. The predicted molar refractivity (Wildman–Crippen MR) is 70.9 cm³/mol. The van der Waals surface area contributed by atoms with Crippen LogP contribution in [-0.4, -0.2) is 29.2 Å². The van der Waals surface area contributed by atoms with Crippen LogP contribution in [0.5, 0.6) is 0 Å². The van der Waals surface area contributed by atoms with E-state index in [1.165, 1.54) is 4.88 Å². The number of carbonyl (C=O) groups excluding carboxylic acids is 1. The Balaban J connectivity index is 2.37. The molecule has 6 heteroatoms. The summed E-state index contributed by atoms with van der Waals surface area (Å²) in [5.41, 5.74) is 0. The number of carboxylic acids is 1. The lowest BCUT2D eigenvalue weighted by Gasteiger charge is -2.17. The largest absolute Gasteiger partial charge is 0.480 e. The van der Waals surface area contributed by atoms with Gasteiger partial charge in [-0.3, -0.25) is 0 Å². The summed E-state index contributed by atoms with van der Waals surface area (Å²) < 4.78 is 0. The van der Waals surface area contributed by atoms with Crippen LogP contribution in [0.25, 0.3) is 0 Å². The van der Waals surface area contributed by atoms with Crippen LogP contribution < -0.4 is 10.6 Å². The number of carboxylic acid groups (broad SMARTS) is 1. The van der Waals surface area contributed by atoms with Gasteiger partial charge in [-0.15, -0.1) is 11.3 Å². The quantitative estimate of drug-likeness (QED) is 0.738. The number of aliphatic carboxylic acids is 1. The first-order valence-corrected chi connectivity index (χ1v) is 6.73. The Hall–Kier alpha value is -1.56. The highest BCUT2D eigenvalue weighted by Gasteiger charge is 2.18. The van der Waals surface area contributed by atoms with E-state index < -0.39 is 18.0 Å². The van der Waals surface area contributed by atoms with E-state index in [0.29, 0.717) is 6.42 Å². The molecule has 1 aromatic rings. The van der Waals surface area contributed by atoms with Gasteiger partial charge < -0.3 is 15.7 Å². The molecule has 100 valence electrons. The second-order valence-corrected chi connectivity index (χ2v) is 5.13. The number of urea groups is 1. The molecule has 1 aromatic heterocycles. The summed E-state index contributed by atoms with van der Waals surface area (Å²) >= 11 is 1.64. The fraction of sp³-hybridized carbons (Fsp3) is 0.500. The third-order valence-electron chi connectivity index (χ3n) is 2.48. The summed E-state index contributed by atoms with van der Waals surface area (Å²) in [6.45, 7) is 3.61. The number of carbonyl (C=O) groups is 2. The normalized spacial score (nSPS) is 13.7. The van der Waals surface area contributed by atoms with E-state index >= 15 is 0 Å². The van der Waals surface area contributed by atoms with Gasteiger partial charge in [0, 0.05) is 17.3 Å². The Morgan fingerprint density at radius 1 is 1.44 bits per heavy atom. The summed E-state index contributed by atoms with van der Waals surface area (Å²) in [5.74, 6) is -1.02. The molecule has 0 aliphatic carbocycles. The van der Waals surface area contributed by atoms with Crippen molar-refractivity contribution >= 4 is 23.3 Å². The van der Waals surface area contributed by atoms with Crippen molar-refractivity contribution in [3.05, 3.63) is 22.4 Å². The van der Waals surface area contributed by atoms with Crippen LogP contribution in [-0.2, 0) is 11.2 Å². The first-order valence-electron chi connectivity index (χ1n) is 5.85. The molecule has 5 nitrogen and oxygen atoms in total. The van der Waals surface area contributed by atoms with Crippen molar-refractivity contribution in [1.29, 1.82) is 0 Å². The average Bonchev–Trinajstić information content (AvgIpc) is 2.77. The Bertz CT molecular complexity index is 392. The molecule has 1 unspecified atom stereocenters. The van der Waals surface area contributed by atoms with Crippen molar-refractivity contribution in [3.63, 3.8) is 0 Å². The number of rotatable bonds is 6. The van der Waals surface area contributed by atoms with Crippen molar-refractivity contribution in [3.8, 4) is 0 Å². The predicted octanol–water partition coefficient (Wildman–Crippen LogP) is 1.84. The number of hydrogen-bond donors (Lipinski definition) is 3. The third kappa shape index (κ3) is 4.75. The van der Waals surface area contributed by atoms with Gasteiger partial charge in [0.1, 0.15) is 6.04 Å². The number of thiophene rings is 1. The van der Waals surface area contributed by atoms with Gasteiger partial charge in [-0.2, -0.15) is 0 Å². The Labute approximate surface area is 110 Å². The van der Waals surface area contributed by atoms with E-state index in [1.54, 1.807) is 18.3 Å². The summed E-state index contributed by atoms with van der Waals surface area (Å²) in [7, 11) is 0. The van der Waals surface area contributed by atoms with Crippen LogP contribution in [0, 0.1) is 0 Å². The molecule has 0 fully saturated rings. The maximum absolute atomic E-state index is 11.6. The molecule has 18 heavy (non-hydrogen) atoms. The minimum atomic E-state index is -1.02. The van der Waals surface area contributed by atoms with Crippen molar-refractivity contribution in [2.45, 2.75) is 38.8 Å². The Morgan fingerprint density at radius 3 is 2.67 bits per heavy atom. The highest BCUT2D eigenvalue weighted by Crippen LogP contribution is 2.10. The van der Waals surface area contributed by atoms with Gasteiger partial charge in [0.15, 0.2) is 0 Å². The minimum absolute atomic E-state index is 0.0325. The van der Waals surface area contributed by atoms with Gasteiger partial charge in [-0.25, -0.2) is 9.59 Å². The molecule has 0 spiro atoms. The standard InChI is InChI=1S/C12H18N2O3S/c1-3-10(11(15)16)14-12(17)13-8(2)7-9-5-4-6-18-9/h4-6,8,10H,3,7H2,1-2H3,(H,15,16)(H2,13,14,17)/t8?,10-/m0/s1. The van der Waals surface area contributed by atoms with Crippen molar-refractivity contribution in [2.24, 2.45) is 0 Å². The Morgan fingerprint density at radius 2 is 2.17 bits per heavy atom. The summed E-state index contributed by atoms with van der Waals surface area (Å²) in [6.07, 6.45) is 1.11. The van der Waals surface area contributed by atoms with E-state index in [-0.39, 0.29) is 6.04 Å². The van der Waals surface area contributed by atoms with Crippen LogP contribution in [0.2, 0.25) is 0 Å². The SMILES string of the molecule is CC[C@H](NC(=O)NC(C)Cc1cccs1)C(=O)O. The first-order chi connectivity index (χ1) is 8.52. The molecule has 3 N–H and O–H groups in total.